The van der Waals surface area contributed by atoms with Gasteiger partial charge in [0.2, 0.25) is 0 Å². The standard InChI is InChI=1S/C11H13BrF3NO/c1-17-9-3-2-8(10(12)6-9)7-16-5-4-11(13,14)15/h2-3,6,16H,4-5,7H2,1H3. The fourth-order valence-corrected chi connectivity index (χ4v) is 1.75. The van der Waals surface area contributed by atoms with Gasteiger partial charge in [0.05, 0.1) is 13.5 Å². The number of hydrogen-bond donors (Lipinski definition) is 1. The van der Waals surface area contributed by atoms with E-state index in [4.69, 9.17) is 4.74 Å². The Hall–Kier alpha value is -0.750. The van der Waals surface area contributed by atoms with Gasteiger partial charge in [-0.05, 0) is 17.7 Å². The first-order valence-corrected chi connectivity index (χ1v) is 5.81. The van der Waals surface area contributed by atoms with Gasteiger partial charge in [-0.25, -0.2) is 0 Å². The summed E-state index contributed by atoms with van der Waals surface area (Å²) < 4.78 is 41.5. The fraction of sp³-hybridized carbons (Fsp3) is 0.455. The third-order valence-corrected chi connectivity index (χ3v) is 2.90. The maximum atomic E-state index is 11.9. The highest BCUT2D eigenvalue weighted by Gasteiger charge is 2.25. The summed E-state index contributed by atoms with van der Waals surface area (Å²) >= 11 is 3.34. The molecule has 2 nitrogen and oxygen atoms in total. The molecule has 0 aliphatic heterocycles. The molecule has 17 heavy (non-hydrogen) atoms. The molecule has 0 fully saturated rings. The molecule has 0 bridgehead atoms. The van der Waals surface area contributed by atoms with Crippen LogP contribution in [0.5, 0.6) is 5.75 Å². The highest BCUT2D eigenvalue weighted by Crippen LogP contribution is 2.23. The summed E-state index contributed by atoms with van der Waals surface area (Å²) in [5.41, 5.74) is 0.896. The number of alkyl halides is 3. The Bertz CT molecular complexity index is 368. The van der Waals surface area contributed by atoms with Crippen LogP contribution in [-0.2, 0) is 6.54 Å². The zero-order valence-electron chi connectivity index (χ0n) is 9.27. The minimum atomic E-state index is -4.11. The third kappa shape index (κ3) is 5.41. The molecular formula is C11H13BrF3NO. The molecule has 0 unspecified atom stereocenters. The lowest BCUT2D eigenvalue weighted by molar-refractivity contribution is -0.133. The summed E-state index contributed by atoms with van der Waals surface area (Å²) in [6.45, 7) is 0.308. The van der Waals surface area contributed by atoms with Crippen molar-refractivity contribution in [1.82, 2.24) is 5.32 Å². The monoisotopic (exact) mass is 311 g/mol. The van der Waals surface area contributed by atoms with Crippen molar-refractivity contribution in [1.29, 1.82) is 0 Å². The molecule has 1 aromatic carbocycles. The predicted octanol–water partition coefficient (Wildman–Crippen LogP) is 3.50. The zero-order chi connectivity index (χ0) is 12.9. The van der Waals surface area contributed by atoms with Crippen LogP contribution in [0.25, 0.3) is 0 Å². The van der Waals surface area contributed by atoms with Gasteiger partial charge in [-0.3, -0.25) is 0 Å². The Balaban J connectivity index is 2.42. The van der Waals surface area contributed by atoms with Crippen molar-refractivity contribution >= 4 is 15.9 Å². The van der Waals surface area contributed by atoms with Crippen LogP contribution in [0.2, 0.25) is 0 Å². The highest BCUT2D eigenvalue weighted by molar-refractivity contribution is 9.10. The Morgan fingerprint density at radius 1 is 1.35 bits per heavy atom. The van der Waals surface area contributed by atoms with Gasteiger partial charge in [-0.15, -0.1) is 0 Å². The molecule has 0 aliphatic rings. The van der Waals surface area contributed by atoms with Gasteiger partial charge in [0.25, 0.3) is 0 Å². The van der Waals surface area contributed by atoms with Crippen LogP contribution in [0.3, 0.4) is 0 Å². The maximum absolute atomic E-state index is 11.9. The van der Waals surface area contributed by atoms with Gasteiger partial charge < -0.3 is 10.1 Å². The molecule has 1 rings (SSSR count). The van der Waals surface area contributed by atoms with Crippen molar-refractivity contribution in [3.05, 3.63) is 28.2 Å². The molecule has 6 heteroatoms. The molecule has 0 saturated heterocycles. The van der Waals surface area contributed by atoms with E-state index in [9.17, 15) is 13.2 Å². The molecule has 0 heterocycles. The number of ether oxygens (including phenoxy) is 1. The first-order chi connectivity index (χ1) is 7.92. The molecule has 0 atom stereocenters. The molecule has 1 aromatic rings. The van der Waals surface area contributed by atoms with Crippen molar-refractivity contribution in [2.45, 2.75) is 19.1 Å². The number of benzene rings is 1. The minimum absolute atomic E-state index is 0.0814. The highest BCUT2D eigenvalue weighted by atomic mass is 79.9. The van der Waals surface area contributed by atoms with Crippen LogP contribution in [0, 0.1) is 0 Å². The summed E-state index contributed by atoms with van der Waals surface area (Å²) in [5, 5.41) is 2.75. The van der Waals surface area contributed by atoms with Crippen LogP contribution in [0.4, 0.5) is 13.2 Å². The Kier molecular flexibility index (Phi) is 5.27. The third-order valence-electron chi connectivity index (χ3n) is 2.16. The van der Waals surface area contributed by atoms with E-state index >= 15 is 0 Å². The summed E-state index contributed by atoms with van der Waals surface area (Å²) in [4.78, 5) is 0. The second kappa shape index (κ2) is 6.26. The number of nitrogens with one attached hydrogen (secondary N) is 1. The lowest BCUT2D eigenvalue weighted by Crippen LogP contribution is -2.21. The Labute approximate surface area is 106 Å². The van der Waals surface area contributed by atoms with E-state index in [-0.39, 0.29) is 6.54 Å². The lowest BCUT2D eigenvalue weighted by atomic mass is 10.2. The molecule has 0 aliphatic carbocycles. The molecule has 0 aromatic heterocycles. The summed E-state index contributed by atoms with van der Waals surface area (Å²) in [7, 11) is 1.56. The van der Waals surface area contributed by atoms with Gasteiger partial charge in [-0.1, -0.05) is 22.0 Å². The van der Waals surface area contributed by atoms with Crippen LogP contribution < -0.4 is 10.1 Å². The first kappa shape index (κ1) is 14.3. The number of rotatable bonds is 5. The van der Waals surface area contributed by atoms with Crippen LogP contribution in [-0.4, -0.2) is 19.8 Å². The topological polar surface area (TPSA) is 21.3 Å². The molecular weight excluding hydrogens is 299 g/mol. The van der Waals surface area contributed by atoms with Crippen molar-refractivity contribution in [3.8, 4) is 5.75 Å². The normalized spacial score (nSPS) is 11.6. The number of hydrogen-bond acceptors (Lipinski definition) is 2. The molecule has 0 spiro atoms. The molecule has 0 radical (unpaired) electrons. The Morgan fingerprint density at radius 2 is 2.06 bits per heavy atom. The molecule has 1 N–H and O–H groups in total. The average Bonchev–Trinajstić information content (AvgIpc) is 2.24. The van der Waals surface area contributed by atoms with Crippen molar-refractivity contribution in [2.24, 2.45) is 0 Å². The van der Waals surface area contributed by atoms with Crippen molar-refractivity contribution < 1.29 is 17.9 Å². The van der Waals surface area contributed by atoms with Gasteiger partial charge in [0, 0.05) is 17.6 Å². The first-order valence-electron chi connectivity index (χ1n) is 5.02. The number of halogens is 4. The SMILES string of the molecule is COc1ccc(CNCCC(F)(F)F)c(Br)c1. The minimum Gasteiger partial charge on any atom is -0.497 e. The van der Waals surface area contributed by atoms with E-state index < -0.39 is 12.6 Å². The second-order valence-corrected chi connectivity index (χ2v) is 4.35. The smallest absolute Gasteiger partial charge is 0.390 e. The van der Waals surface area contributed by atoms with E-state index in [1.807, 2.05) is 6.07 Å². The van der Waals surface area contributed by atoms with Gasteiger partial charge in [0.1, 0.15) is 5.75 Å². The quantitative estimate of drug-likeness (QED) is 0.840. The molecule has 0 amide bonds. The van der Waals surface area contributed by atoms with E-state index in [1.54, 1.807) is 19.2 Å². The van der Waals surface area contributed by atoms with Crippen LogP contribution >= 0.6 is 15.9 Å². The largest absolute Gasteiger partial charge is 0.497 e. The fourth-order valence-electron chi connectivity index (χ4n) is 1.25. The second-order valence-electron chi connectivity index (χ2n) is 3.50. The van der Waals surface area contributed by atoms with E-state index in [2.05, 4.69) is 21.2 Å². The summed E-state index contributed by atoms with van der Waals surface area (Å²) in [5.74, 6) is 0.705. The van der Waals surface area contributed by atoms with E-state index in [0.717, 1.165) is 10.0 Å². The molecule has 96 valence electrons. The Morgan fingerprint density at radius 3 is 2.59 bits per heavy atom. The summed E-state index contributed by atoms with van der Waals surface area (Å²) in [6, 6.07) is 5.36. The van der Waals surface area contributed by atoms with Crippen molar-refractivity contribution in [2.75, 3.05) is 13.7 Å². The van der Waals surface area contributed by atoms with E-state index in [1.165, 1.54) is 0 Å². The maximum Gasteiger partial charge on any atom is 0.390 e. The van der Waals surface area contributed by atoms with Crippen LogP contribution in [0.15, 0.2) is 22.7 Å². The zero-order valence-corrected chi connectivity index (χ0v) is 10.9. The van der Waals surface area contributed by atoms with Crippen molar-refractivity contribution in [3.63, 3.8) is 0 Å². The predicted molar refractivity (Wildman–Crippen MR) is 63.1 cm³/mol. The van der Waals surface area contributed by atoms with E-state index in [0.29, 0.717) is 12.3 Å². The number of methoxy groups -OCH3 is 1. The van der Waals surface area contributed by atoms with Gasteiger partial charge in [-0.2, -0.15) is 13.2 Å². The lowest BCUT2D eigenvalue weighted by Gasteiger charge is -2.09. The van der Waals surface area contributed by atoms with Gasteiger partial charge >= 0.3 is 6.18 Å². The molecule has 0 saturated carbocycles. The van der Waals surface area contributed by atoms with Gasteiger partial charge in [0.15, 0.2) is 0 Å². The summed E-state index contributed by atoms with van der Waals surface area (Å²) in [6.07, 6.45) is -4.93. The average molecular weight is 312 g/mol. The van der Waals surface area contributed by atoms with Crippen LogP contribution in [0.1, 0.15) is 12.0 Å².